The summed E-state index contributed by atoms with van der Waals surface area (Å²) in [4.78, 5) is 2.48. The maximum atomic E-state index is 9.26. The Bertz CT molecular complexity index is 317. The van der Waals surface area contributed by atoms with Crippen molar-refractivity contribution in [2.24, 2.45) is 5.92 Å². The third-order valence-electron chi connectivity index (χ3n) is 3.05. The number of rotatable bonds is 6. The number of benzene rings is 1. The van der Waals surface area contributed by atoms with Crippen LogP contribution in [0.4, 0.5) is 0 Å². The van der Waals surface area contributed by atoms with E-state index in [1.807, 2.05) is 39.8 Å². The predicted octanol–water partition coefficient (Wildman–Crippen LogP) is 5.70. The van der Waals surface area contributed by atoms with Crippen LogP contribution in [0, 0.1) is 5.92 Å². The second kappa shape index (κ2) is 13.9. The Kier molecular flexibility index (Phi) is 14.8. The van der Waals surface area contributed by atoms with Crippen LogP contribution >= 0.6 is 0 Å². The Morgan fingerprint density at radius 1 is 0.905 bits per heavy atom. The topological polar surface area (TPSA) is 23.5 Å². The number of hydrogen-bond acceptors (Lipinski definition) is 2. The standard InChI is InChI=1S/C15H25NO.2C2H6/c1-12(2)9-10-16(13(3)4)11-14-5-7-15(17)8-6-14;2*1-2/h5-8,12-13,17H,9-11H2,1-4H3;2*1-2H3. The monoisotopic (exact) mass is 295 g/mol. The van der Waals surface area contributed by atoms with E-state index in [9.17, 15) is 5.11 Å². The maximum absolute atomic E-state index is 9.26. The zero-order chi connectivity index (χ0) is 16.8. The van der Waals surface area contributed by atoms with Gasteiger partial charge < -0.3 is 5.11 Å². The number of nitrogens with zero attached hydrogens (tertiary/aromatic N) is 1. The van der Waals surface area contributed by atoms with Gasteiger partial charge in [0.15, 0.2) is 0 Å². The molecule has 0 radical (unpaired) electrons. The van der Waals surface area contributed by atoms with Gasteiger partial charge in [-0.15, -0.1) is 0 Å². The smallest absolute Gasteiger partial charge is 0.115 e. The van der Waals surface area contributed by atoms with Gasteiger partial charge in [0.05, 0.1) is 0 Å². The average molecular weight is 296 g/mol. The van der Waals surface area contributed by atoms with E-state index in [1.54, 1.807) is 12.1 Å². The highest BCUT2D eigenvalue weighted by molar-refractivity contribution is 5.25. The molecule has 0 aliphatic rings. The molecule has 0 aliphatic heterocycles. The van der Waals surface area contributed by atoms with Crippen LogP contribution in [-0.4, -0.2) is 22.6 Å². The fourth-order valence-corrected chi connectivity index (χ4v) is 1.78. The second-order valence-corrected chi connectivity index (χ2v) is 5.41. The molecule has 1 aromatic rings. The lowest BCUT2D eigenvalue weighted by Gasteiger charge is -2.27. The molecule has 0 atom stereocenters. The second-order valence-electron chi connectivity index (χ2n) is 5.41. The van der Waals surface area contributed by atoms with Crippen molar-refractivity contribution in [3.8, 4) is 5.75 Å². The maximum Gasteiger partial charge on any atom is 0.115 e. The van der Waals surface area contributed by atoms with E-state index < -0.39 is 0 Å². The lowest BCUT2D eigenvalue weighted by atomic mass is 10.1. The highest BCUT2D eigenvalue weighted by Gasteiger charge is 2.10. The number of aromatic hydroxyl groups is 1. The molecule has 1 aromatic carbocycles. The van der Waals surface area contributed by atoms with Crippen LogP contribution < -0.4 is 0 Å². The van der Waals surface area contributed by atoms with Gasteiger partial charge in [0.25, 0.3) is 0 Å². The molecule has 124 valence electrons. The van der Waals surface area contributed by atoms with Crippen molar-refractivity contribution in [1.82, 2.24) is 4.90 Å². The molecule has 0 aromatic heterocycles. The molecule has 21 heavy (non-hydrogen) atoms. The van der Waals surface area contributed by atoms with Crippen LogP contribution in [0.1, 0.15) is 67.4 Å². The molecule has 0 fully saturated rings. The Morgan fingerprint density at radius 3 is 1.76 bits per heavy atom. The molecule has 1 N–H and O–H groups in total. The van der Waals surface area contributed by atoms with Crippen molar-refractivity contribution in [1.29, 1.82) is 0 Å². The quantitative estimate of drug-likeness (QED) is 0.727. The first-order valence-electron chi connectivity index (χ1n) is 8.51. The average Bonchev–Trinajstić information content (AvgIpc) is 2.49. The van der Waals surface area contributed by atoms with Crippen molar-refractivity contribution in [3.63, 3.8) is 0 Å². The summed E-state index contributed by atoms with van der Waals surface area (Å²) in [5.41, 5.74) is 1.26. The molecule has 2 nitrogen and oxygen atoms in total. The van der Waals surface area contributed by atoms with E-state index >= 15 is 0 Å². The van der Waals surface area contributed by atoms with Gasteiger partial charge in [-0.1, -0.05) is 53.7 Å². The largest absolute Gasteiger partial charge is 0.508 e. The Hall–Kier alpha value is -1.02. The summed E-state index contributed by atoms with van der Waals surface area (Å²) in [7, 11) is 0. The van der Waals surface area contributed by atoms with Crippen LogP contribution in [0.2, 0.25) is 0 Å². The first-order valence-corrected chi connectivity index (χ1v) is 8.51. The van der Waals surface area contributed by atoms with Crippen molar-refractivity contribution >= 4 is 0 Å². The van der Waals surface area contributed by atoms with Crippen LogP contribution in [0.25, 0.3) is 0 Å². The molecule has 0 spiro atoms. The molecule has 0 unspecified atom stereocenters. The third kappa shape index (κ3) is 11.3. The summed E-state index contributed by atoms with van der Waals surface area (Å²) in [6.07, 6.45) is 1.23. The molecule has 1 rings (SSSR count). The van der Waals surface area contributed by atoms with Gasteiger partial charge in [-0.25, -0.2) is 0 Å². The van der Waals surface area contributed by atoms with Crippen LogP contribution in [0.15, 0.2) is 24.3 Å². The summed E-state index contributed by atoms with van der Waals surface area (Å²) >= 11 is 0. The van der Waals surface area contributed by atoms with Gasteiger partial charge in [0, 0.05) is 12.6 Å². The summed E-state index contributed by atoms with van der Waals surface area (Å²) in [6.45, 7) is 19.1. The Labute approximate surface area is 133 Å². The molecule has 0 heterocycles. The number of hydrogen-bond donors (Lipinski definition) is 1. The van der Waals surface area contributed by atoms with Crippen LogP contribution in [0.3, 0.4) is 0 Å². The van der Waals surface area contributed by atoms with Gasteiger partial charge in [-0.05, 0) is 50.4 Å². The van der Waals surface area contributed by atoms with Gasteiger partial charge >= 0.3 is 0 Å². The van der Waals surface area contributed by atoms with Gasteiger partial charge in [0.1, 0.15) is 5.75 Å². The molecular formula is C19H37NO. The summed E-state index contributed by atoms with van der Waals surface area (Å²) in [5, 5.41) is 9.26. The summed E-state index contributed by atoms with van der Waals surface area (Å²) in [5.74, 6) is 1.09. The van der Waals surface area contributed by atoms with E-state index in [4.69, 9.17) is 0 Å². The zero-order valence-corrected chi connectivity index (χ0v) is 15.5. The van der Waals surface area contributed by atoms with Crippen molar-refractivity contribution in [3.05, 3.63) is 29.8 Å². The lowest BCUT2D eigenvalue weighted by Crippen LogP contribution is -2.31. The predicted molar refractivity (Wildman–Crippen MR) is 95.8 cm³/mol. The Balaban J connectivity index is 0. The summed E-state index contributed by atoms with van der Waals surface area (Å²) < 4.78 is 0. The minimum atomic E-state index is 0.340. The molecule has 0 saturated carbocycles. The normalized spacial score (nSPS) is 10.0. The SMILES string of the molecule is CC.CC.CC(C)CCN(Cc1ccc(O)cc1)C(C)C. The van der Waals surface area contributed by atoms with Gasteiger partial charge in [0.2, 0.25) is 0 Å². The van der Waals surface area contributed by atoms with Crippen LogP contribution in [-0.2, 0) is 6.54 Å². The van der Waals surface area contributed by atoms with E-state index in [2.05, 4.69) is 32.6 Å². The number of phenolic OH excluding ortho intramolecular Hbond substituents is 1. The fraction of sp³-hybridized carbons (Fsp3) is 0.684. The van der Waals surface area contributed by atoms with E-state index in [1.165, 1.54) is 12.0 Å². The van der Waals surface area contributed by atoms with Gasteiger partial charge in [-0.2, -0.15) is 0 Å². The molecule has 0 bridgehead atoms. The minimum absolute atomic E-state index is 0.340. The highest BCUT2D eigenvalue weighted by atomic mass is 16.3. The molecule has 0 amide bonds. The molecule has 2 heteroatoms. The highest BCUT2D eigenvalue weighted by Crippen LogP contribution is 2.14. The summed E-state index contributed by atoms with van der Waals surface area (Å²) in [6, 6.07) is 8.08. The van der Waals surface area contributed by atoms with Crippen molar-refractivity contribution in [2.45, 2.75) is 74.4 Å². The third-order valence-corrected chi connectivity index (χ3v) is 3.05. The van der Waals surface area contributed by atoms with E-state index in [0.717, 1.165) is 19.0 Å². The fourth-order valence-electron chi connectivity index (χ4n) is 1.78. The Morgan fingerprint density at radius 2 is 1.38 bits per heavy atom. The first kappa shape index (κ1) is 22.3. The van der Waals surface area contributed by atoms with E-state index in [-0.39, 0.29) is 0 Å². The van der Waals surface area contributed by atoms with Crippen molar-refractivity contribution in [2.75, 3.05) is 6.54 Å². The van der Waals surface area contributed by atoms with Crippen LogP contribution in [0.5, 0.6) is 5.75 Å². The van der Waals surface area contributed by atoms with E-state index in [0.29, 0.717) is 11.8 Å². The molecular weight excluding hydrogens is 258 g/mol. The molecule has 0 aliphatic carbocycles. The zero-order valence-electron chi connectivity index (χ0n) is 15.5. The minimum Gasteiger partial charge on any atom is -0.508 e. The lowest BCUT2D eigenvalue weighted by molar-refractivity contribution is 0.201. The van der Waals surface area contributed by atoms with Gasteiger partial charge in [-0.3, -0.25) is 4.90 Å². The molecule has 0 saturated heterocycles. The first-order chi connectivity index (χ1) is 9.99. The van der Waals surface area contributed by atoms with Crippen molar-refractivity contribution < 1.29 is 5.11 Å². The number of phenols is 1.